The minimum atomic E-state index is -0.248. The van der Waals surface area contributed by atoms with E-state index in [1.54, 1.807) is 25.3 Å². The quantitative estimate of drug-likeness (QED) is 0.307. The van der Waals surface area contributed by atoms with E-state index in [9.17, 15) is 9.18 Å². The average molecular weight is 504 g/mol. The number of allylic oxidation sites excluding steroid dienone is 1. The van der Waals surface area contributed by atoms with Gasteiger partial charge in [0.05, 0.1) is 5.70 Å². The van der Waals surface area contributed by atoms with Gasteiger partial charge in [-0.25, -0.2) is 4.39 Å². The van der Waals surface area contributed by atoms with Gasteiger partial charge in [0.25, 0.3) is 5.91 Å². The van der Waals surface area contributed by atoms with Gasteiger partial charge in [-0.3, -0.25) is 9.79 Å². The number of aliphatic imine (C=N–C) groups is 1. The lowest BCUT2D eigenvalue weighted by Gasteiger charge is -2.28. The van der Waals surface area contributed by atoms with Gasteiger partial charge in [-0.1, -0.05) is 31.2 Å². The Labute approximate surface area is 219 Å². The zero-order valence-electron chi connectivity index (χ0n) is 22.4. The molecule has 37 heavy (non-hydrogen) atoms. The standard InChI is InChI=1S/C31H38FN3O2/c1-6-27-21(4)28(24(15-26-17-34-26)16-29(27)37-18-30(36)33-5)13-19(2)35-31(20(3)22-9-7-10-22)23-11-8-12-25(32)14-23/h6,8,11-12,14,16,22,26,34H,1,7,9-10,13,15,17-18H2,2-5H3,(H,33,36)/b31-20+,35-19?. The van der Waals surface area contributed by atoms with Crippen molar-refractivity contribution in [2.45, 2.75) is 58.9 Å². The van der Waals surface area contributed by atoms with Crippen LogP contribution in [0.15, 0.2) is 47.5 Å². The van der Waals surface area contributed by atoms with Gasteiger partial charge in [-0.2, -0.15) is 0 Å². The lowest BCUT2D eigenvalue weighted by Crippen LogP contribution is -2.25. The summed E-state index contributed by atoms with van der Waals surface area (Å²) >= 11 is 0. The highest BCUT2D eigenvalue weighted by Crippen LogP contribution is 2.38. The Morgan fingerprint density at radius 3 is 2.65 bits per heavy atom. The SMILES string of the molecule is C=Cc1c(OCC(=O)NC)cc(CC2CN2)c(CC(C)=N/C(=C(\C)C2CCC2)c2cccc(F)c2)c1C. The highest BCUT2D eigenvalue weighted by Gasteiger charge is 2.25. The minimum Gasteiger partial charge on any atom is -0.483 e. The van der Waals surface area contributed by atoms with Crippen molar-refractivity contribution in [2.24, 2.45) is 10.9 Å². The first-order chi connectivity index (χ1) is 17.8. The topological polar surface area (TPSA) is 72.6 Å². The van der Waals surface area contributed by atoms with E-state index in [1.165, 1.54) is 29.2 Å². The van der Waals surface area contributed by atoms with Crippen molar-refractivity contribution in [2.75, 3.05) is 20.2 Å². The molecule has 2 aromatic rings. The normalized spacial score (nSPS) is 18.1. The van der Waals surface area contributed by atoms with Crippen LogP contribution in [0.25, 0.3) is 11.8 Å². The van der Waals surface area contributed by atoms with E-state index in [-0.39, 0.29) is 18.3 Å². The Morgan fingerprint density at radius 1 is 1.30 bits per heavy atom. The molecule has 2 aromatic carbocycles. The number of hydrogen-bond acceptors (Lipinski definition) is 4. The number of rotatable bonds is 11. The van der Waals surface area contributed by atoms with Crippen LogP contribution >= 0.6 is 0 Å². The number of benzene rings is 2. The van der Waals surface area contributed by atoms with Crippen LogP contribution in [0.5, 0.6) is 5.75 Å². The van der Waals surface area contributed by atoms with E-state index in [0.29, 0.717) is 24.1 Å². The van der Waals surface area contributed by atoms with Gasteiger partial charge in [0.2, 0.25) is 0 Å². The molecule has 1 aliphatic heterocycles. The second-order valence-corrected chi connectivity index (χ2v) is 10.2. The van der Waals surface area contributed by atoms with Gasteiger partial charge in [0.15, 0.2) is 6.61 Å². The van der Waals surface area contributed by atoms with Crippen LogP contribution in [-0.4, -0.2) is 37.9 Å². The summed E-state index contributed by atoms with van der Waals surface area (Å²) in [4.78, 5) is 16.9. The Bertz CT molecular complexity index is 1240. The molecular weight excluding hydrogens is 465 g/mol. The number of nitrogens with one attached hydrogen (secondary N) is 2. The van der Waals surface area contributed by atoms with E-state index in [0.717, 1.165) is 53.9 Å². The lowest BCUT2D eigenvalue weighted by molar-refractivity contribution is -0.122. The van der Waals surface area contributed by atoms with Crippen LogP contribution < -0.4 is 15.4 Å². The zero-order chi connectivity index (χ0) is 26.5. The molecule has 2 N–H and O–H groups in total. The Hall–Kier alpha value is -3.25. The molecular formula is C31H38FN3O2. The second-order valence-electron chi connectivity index (χ2n) is 10.2. The first kappa shape index (κ1) is 26.8. The van der Waals surface area contributed by atoms with Gasteiger partial charge >= 0.3 is 0 Å². The predicted molar refractivity (Wildman–Crippen MR) is 149 cm³/mol. The predicted octanol–water partition coefficient (Wildman–Crippen LogP) is 5.65. The monoisotopic (exact) mass is 503 g/mol. The lowest BCUT2D eigenvalue weighted by atomic mass is 9.79. The van der Waals surface area contributed by atoms with Gasteiger partial charge < -0.3 is 15.4 Å². The molecule has 1 saturated carbocycles. The molecule has 1 heterocycles. The molecule has 1 saturated heterocycles. The molecule has 2 fully saturated rings. The van der Waals surface area contributed by atoms with Crippen LogP contribution in [0.2, 0.25) is 0 Å². The number of nitrogens with zero attached hydrogens (tertiary/aromatic N) is 1. The Morgan fingerprint density at radius 2 is 2.05 bits per heavy atom. The average Bonchev–Trinajstić information content (AvgIpc) is 3.66. The zero-order valence-corrected chi connectivity index (χ0v) is 22.4. The minimum absolute atomic E-state index is 0.0417. The fourth-order valence-corrected chi connectivity index (χ4v) is 4.96. The summed E-state index contributed by atoms with van der Waals surface area (Å²) in [5, 5.41) is 5.99. The number of carbonyl (C=O) groups excluding carboxylic acids is 1. The molecule has 0 aromatic heterocycles. The molecule has 2 aliphatic rings. The molecule has 1 unspecified atom stereocenters. The maximum absolute atomic E-state index is 14.1. The molecule has 1 atom stereocenters. The van der Waals surface area contributed by atoms with Crippen LogP contribution in [0.3, 0.4) is 0 Å². The number of amides is 1. The third kappa shape index (κ3) is 6.55. The molecule has 196 valence electrons. The third-order valence-corrected chi connectivity index (χ3v) is 7.54. The van der Waals surface area contributed by atoms with E-state index in [1.807, 2.05) is 6.07 Å². The molecule has 1 amide bonds. The number of carbonyl (C=O) groups is 1. The smallest absolute Gasteiger partial charge is 0.257 e. The highest BCUT2D eigenvalue weighted by molar-refractivity contribution is 5.91. The van der Waals surface area contributed by atoms with Crippen molar-refractivity contribution >= 4 is 23.4 Å². The first-order valence-electron chi connectivity index (χ1n) is 13.2. The summed E-state index contributed by atoms with van der Waals surface area (Å²) in [6.45, 7) is 11.2. The van der Waals surface area contributed by atoms with Crippen LogP contribution in [0.4, 0.5) is 4.39 Å². The van der Waals surface area contributed by atoms with Gasteiger partial charge in [-0.15, -0.1) is 0 Å². The van der Waals surface area contributed by atoms with Gasteiger partial charge in [0, 0.05) is 42.9 Å². The summed E-state index contributed by atoms with van der Waals surface area (Å²) in [6.07, 6.45) is 6.90. The third-order valence-electron chi connectivity index (χ3n) is 7.54. The molecule has 4 rings (SSSR count). The van der Waals surface area contributed by atoms with E-state index in [4.69, 9.17) is 9.73 Å². The molecule has 5 nitrogen and oxygen atoms in total. The summed E-state index contributed by atoms with van der Waals surface area (Å²) in [5.41, 5.74) is 8.29. The van der Waals surface area contributed by atoms with Crippen molar-refractivity contribution in [1.82, 2.24) is 10.6 Å². The van der Waals surface area contributed by atoms with Crippen molar-refractivity contribution in [1.29, 1.82) is 0 Å². The van der Waals surface area contributed by atoms with Gasteiger partial charge in [0.1, 0.15) is 11.6 Å². The fourth-order valence-electron chi connectivity index (χ4n) is 4.96. The maximum atomic E-state index is 14.1. The summed E-state index contributed by atoms with van der Waals surface area (Å²) in [5.74, 6) is 0.759. The summed E-state index contributed by atoms with van der Waals surface area (Å²) < 4.78 is 20.0. The van der Waals surface area contributed by atoms with Crippen molar-refractivity contribution in [3.05, 3.63) is 76.1 Å². The molecule has 6 heteroatoms. The van der Waals surface area contributed by atoms with Gasteiger partial charge in [-0.05, 0) is 86.4 Å². The van der Waals surface area contributed by atoms with Crippen LogP contribution in [0.1, 0.15) is 60.9 Å². The van der Waals surface area contributed by atoms with Crippen molar-refractivity contribution < 1.29 is 13.9 Å². The molecule has 0 bridgehead atoms. The number of halogens is 1. The number of ether oxygens (including phenoxy) is 1. The fraction of sp³-hybridized carbons (Fsp3) is 0.419. The number of likely N-dealkylation sites (N-methyl/N-ethyl adjacent to an activating group) is 1. The van der Waals surface area contributed by atoms with Crippen LogP contribution in [-0.2, 0) is 17.6 Å². The van der Waals surface area contributed by atoms with Crippen molar-refractivity contribution in [3.8, 4) is 5.75 Å². The summed E-state index contributed by atoms with van der Waals surface area (Å²) in [7, 11) is 1.60. The van der Waals surface area contributed by atoms with E-state index < -0.39 is 0 Å². The summed E-state index contributed by atoms with van der Waals surface area (Å²) in [6, 6.07) is 9.25. The maximum Gasteiger partial charge on any atom is 0.257 e. The Balaban J connectivity index is 1.71. The molecule has 0 spiro atoms. The second kappa shape index (κ2) is 11.9. The Kier molecular flexibility index (Phi) is 8.59. The molecule has 1 aliphatic carbocycles. The highest BCUT2D eigenvalue weighted by atomic mass is 19.1. The molecule has 0 radical (unpaired) electrons. The van der Waals surface area contributed by atoms with Crippen LogP contribution in [0, 0.1) is 18.7 Å². The van der Waals surface area contributed by atoms with Crippen molar-refractivity contribution in [3.63, 3.8) is 0 Å². The first-order valence-corrected chi connectivity index (χ1v) is 13.2. The van der Waals surface area contributed by atoms with E-state index in [2.05, 4.69) is 44.1 Å². The van der Waals surface area contributed by atoms with E-state index >= 15 is 0 Å². The number of hydrogen-bond donors (Lipinski definition) is 2. The largest absolute Gasteiger partial charge is 0.483 e.